The maximum absolute atomic E-state index is 10.1. The molecule has 4 heteroatoms. The molecule has 0 aromatic heterocycles. The average molecular weight is 263 g/mol. The Morgan fingerprint density at radius 2 is 2.28 bits per heavy atom. The van der Waals surface area contributed by atoms with E-state index >= 15 is 0 Å². The molecular formula is C14H15ClN2O. The zero-order valence-corrected chi connectivity index (χ0v) is 10.9. The van der Waals surface area contributed by atoms with Crippen LogP contribution in [0.2, 0.25) is 0 Å². The molecule has 1 aliphatic rings. The van der Waals surface area contributed by atoms with Crippen molar-refractivity contribution in [1.29, 1.82) is 0 Å². The van der Waals surface area contributed by atoms with Crippen molar-refractivity contribution >= 4 is 33.7 Å². The van der Waals surface area contributed by atoms with E-state index in [0.29, 0.717) is 11.6 Å². The van der Waals surface area contributed by atoms with E-state index in [4.69, 9.17) is 17.3 Å². The molecule has 0 saturated heterocycles. The normalized spacial score (nSPS) is 18.3. The van der Waals surface area contributed by atoms with Gasteiger partial charge in [-0.2, -0.15) is 0 Å². The van der Waals surface area contributed by atoms with Crippen LogP contribution in [-0.4, -0.2) is 24.6 Å². The number of anilines is 2. The third-order valence-corrected chi connectivity index (χ3v) is 4.06. The number of phenolic OH excluding ortho intramolecular Hbond substituents is 1. The van der Waals surface area contributed by atoms with Crippen LogP contribution in [0.3, 0.4) is 0 Å². The lowest BCUT2D eigenvalue weighted by Gasteiger charge is -2.14. The van der Waals surface area contributed by atoms with E-state index in [1.807, 2.05) is 31.3 Å². The number of halogens is 1. The number of benzene rings is 2. The highest BCUT2D eigenvalue weighted by molar-refractivity contribution is 6.19. The molecular weight excluding hydrogens is 248 g/mol. The van der Waals surface area contributed by atoms with E-state index < -0.39 is 0 Å². The highest BCUT2D eigenvalue weighted by Gasteiger charge is 2.29. The van der Waals surface area contributed by atoms with Crippen LogP contribution in [0.5, 0.6) is 5.75 Å². The predicted octanol–water partition coefficient (Wildman–Crippen LogP) is 2.90. The van der Waals surface area contributed by atoms with E-state index in [0.717, 1.165) is 23.0 Å². The molecule has 1 aliphatic heterocycles. The summed E-state index contributed by atoms with van der Waals surface area (Å²) in [6.07, 6.45) is 0. The van der Waals surface area contributed by atoms with Crippen LogP contribution in [-0.2, 0) is 0 Å². The van der Waals surface area contributed by atoms with Crippen LogP contribution in [0, 0.1) is 0 Å². The van der Waals surface area contributed by atoms with Gasteiger partial charge in [-0.1, -0.05) is 12.1 Å². The topological polar surface area (TPSA) is 49.5 Å². The Hall–Kier alpha value is -1.61. The van der Waals surface area contributed by atoms with Gasteiger partial charge in [0.1, 0.15) is 5.75 Å². The summed E-state index contributed by atoms with van der Waals surface area (Å²) >= 11 is 6.06. The smallest absolute Gasteiger partial charge is 0.125 e. The van der Waals surface area contributed by atoms with Crippen molar-refractivity contribution in [3.8, 4) is 5.75 Å². The Morgan fingerprint density at radius 1 is 1.50 bits per heavy atom. The zero-order chi connectivity index (χ0) is 12.9. The molecule has 0 amide bonds. The maximum Gasteiger partial charge on any atom is 0.125 e. The Labute approximate surface area is 111 Å². The van der Waals surface area contributed by atoms with Crippen molar-refractivity contribution < 1.29 is 5.11 Å². The maximum atomic E-state index is 10.1. The lowest BCUT2D eigenvalue weighted by molar-refractivity contribution is 0.481. The Kier molecular flexibility index (Phi) is 2.52. The third-order valence-electron chi connectivity index (χ3n) is 3.69. The first-order chi connectivity index (χ1) is 8.63. The Balaban J connectivity index is 2.44. The van der Waals surface area contributed by atoms with Crippen LogP contribution in [0.25, 0.3) is 10.8 Å². The third kappa shape index (κ3) is 1.44. The Morgan fingerprint density at radius 3 is 3.00 bits per heavy atom. The average Bonchev–Trinajstić information content (AvgIpc) is 2.67. The van der Waals surface area contributed by atoms with Gasteiger partial charge >= 0.3 is 0 Å². The minimum atomic E-state index is 0.263. The molecule has 1 atom stereocenters. The van der Waals surface area contributed by atoms with Crippen molar-refractivity contribution in [1.82, 2.24) is 0 Å². The van der Waals surface area contributed by atoms with E-state index in [1.165, 1.54) is 5.56 Å². The van der Waals surface area contributed by atoms with Gasteiger partial charge in [0.05, 0.1) is 0 Å². The number of rotatable bonds is 1. The lowest BCUT2D eigenvalue weighted by atomic mass is 9.94. The van der Waals surface area contributed by atoms with E-state index in [1.54, 1.807) is 0 Å². The number of aromatic hydroxyl groups is 1. The fourth-order valence-corrected chi connectivity index (χ4v) is 3.12. The predicted molar refractivity (Wildman–Crippen MR) is 76.8 cm³/mol. The second kappa shape index (κ2) is 3.95. The van der Waals surface area contributed by atoms with Crippen LogP contribution >= 0.6 is 11.6 Å². The molecule has 3 nitrogen and oxygen atoms in total. The standard InChI is InChI=1S/C14H15ClN2O/c1-17-7-8(6-15)13-11(17)5-12(18)9-3-2-4-10(16)14(9)13/h2-5,8,18H,6-7,16H2,1H3/t8-/m1/s1. The minimum absolute atomic E-state index is 0.263. The van der Waals surface area contributed by atoms with Gasteiger partial charge in [-0.25, -0.2) is 0 Å². The molecule has 18 heavy (non-hydrogen) atoms. The van der Waals surface area contributed by atoms with Gasteiger partial charge in [0.15, 0.2) is 0 Å². The first-order valence-electron chi connectivity index (χ1n) is 5.94. The highest BCUT2D eigenvalue weighted by Crippen LogP contribution is 2.46. The van der Waals surface area contributed by atoms with E-state index in [-0.39, 0.29) is 11.7 Å². The number of alkyl halides is 1. The molecule has 0 radical (unpaired) electrons. The number of likely N-dealkylation sites (N-methyl/N-ethyl adjacent to an activating group) is 1. The number of phenols is 1. The summed E-state index contributed by atoms with van der Waals surface area (Å²) in [7, 11) is 2.01. The number of hydrogen-bond donors (Lipinski definition) is 2. The second-order valence-corrected chi connectivity index (χ2v) is 5.14. The van der Waals surface area contributed by atoms with Crippen LogP contribution in [0.4, 0.5) is 11.4 Å². The van der Waals surface area contributed by atoms with Gasteiger partial charge in [0, 0.05) is 53.6 Å². The zero-order valence-electron chi connectivity index (χ0n) is 10.2. The largest absolute Gasteiger partial charge is 0.507 e. The fourth-order valence-electron chi connectivity index (χ4n) is 2.87. The van der Waals surface area contributed by atoms with Crippen LogP contribution in [0.15, 0.2) is 24.3 Å². The van der Waals surface area contributed by atoms with Gasteiger partial charge in [-0.15, -0.1) is 11.6 Å². The fraction of sp³-hybridized carbons (Fsp3) is 0.286. The quantitative estimate of drug-likeness (QED) is 0.614. The lowest BCUT2D eigenvalue weighted by Crippen LogP contribution is -2.15. The second-order valence-electron chi connectivity index (χ2n) is 4.83. The number of nitrogens with zero attached hydrogens (tertiary/aromatic N) is 1. The molecule has 2 aromatic carbocycles. The number of hydrogen-bond acceptors (Lipinski definition) is 3. The first kappa shape index (κ1) is 11.5. The molecule has 3 N–H and O–H groups in total. The molecule has 0 bridgehead atoms. The van der Waals surface area contributed by atoms with Crippen molar-refractivity contribution in [3.05, 3.63) is 29.8 Å². The van der Waals surface area contributed by atoms with Gasteiger partial charge in [0.2, 0.25) is 0 Å². The van der Waals surface area contributed by atoms with E-state index in [2.05, 4.69) is 4.90 Å². The highest BCUT2D eigenvalue weighted by atomic mass is 35.5. The number of nitrogen functional groups attached to an aromatic ring is 1. The minimum Gasteiger partial charge on any atom is -0.507 e. The van der Waals surface area contributed by atoms with Gasteiger partial charge in [-0.05, 0) is 11.6 Å². The SMILES string of the molecule is CN1C[C@@H](CCl)c2c1cc(O)c1cccc(N)c21. The summed E-state index contributed by atoms with van der Waals surface area (Å²) in [4.78, 5) is 2.12. The van der Waals surface area contributed by atoms with Gasteiger partial charge in [0.25, 0.3) is 0 Å². The molecule has 0 aliphatic carbocycles. The first-order valence-corrected chi connectivity index (χ1v) is 6.48. The van der Waals surface area contributed by atoms with Crippen LogP contribution in [0.1, 0.15) is 11.5 Å². The summed E-state index contributed by atoms with van der Waals surface area (Å²) in [5.74, 6) is 1.10. The molecule has 1 heterocycles. The summed E-state index contributed by atoms with van der Waals surface area (Å²) in [6, 6.07) is 7.43. The molecule has 0 fully saturated rings. The number of nitrogens with two attached hydrogens (primary N) is 1. The molecule has 2 aromatic rings. The van der Waals surface area contributed by atoms with Gasteiger partial charge in [-0.3, -0.25) is 0 Å². The molecule has 94 valence electrons. The summed E-state index contributed by atoms with van der Waals surface area (Å²) in [5.41, 5.74) is 8.98. The molecule has 0 saturated carbocycles. The van der Waals surface area contributed by atoms with Crippen molar-refractivity contribution in [2.75, 3.05) is 30.1 Å². The summed E-state index contributed by atoms with van der Waals surface area (Å²) < 4.78 is 0. The van der Waals surface area contributed by atoms with Gasteiger partial charge < -0.3 is 15.7 Å². The monoisotopic (exact) mass is 262 g/mol. The molecule has 3 rings (SSSR count). The van der Waals surface area contributed by atoms with Crippen molar-refractivity contribution in [2.24, 2.45) is 0 Å². The van der Waals surface area contributed by atoms with Crippen LogP contribution < -0.4 is 10.6 Å². The molecule has 0 spiro atoms. The van der Waals surface area contributed by atoms with E-state index in [9.17, 15) is 5.11 Å². The Bertz CT molecular complexity index is 627. The van der Waals surface area contributed by atoms with Crippen molar-refractivity contribution in [3.63, 3.8) is 0 Å². The van der Waals surface area contributed by atoms with Crippen molar-refractivity contribution in [2.45, 2.75) is 5.92 Å². The summed E-state index contributed by atoms with van der Waals surface area (Å²) in [5, 5.41) is 11.9. The summed E-state index contributed by atoms with van der Waals surface area (Å²) in [6.45, 7) is 0.867. The molecule has 0 unspecified atom stereocenters. The number of fused-ring (bicyclic) bond motifs is 3.